The molecule has 0 saturated heterocycles. The van der Waals surface area contributed by atoms with Crippen LogP contribution in [0.25, 0.3) is 0 Å². The number of methoxy groups -OCH3 is 1. The van der Waals surface area contributed by atoms with E-state index in [-0.39, 0.29) is 0 Å². The molecule has 2 nitrogen and oxygen atoms in total. The van der Waals surface area contributed by atoms with Crippen LogP contribution in [-0.4, -0.2) is 17.8 Å². The van der Waals surface area contributed by atoms with Gasteiger partial charge in [0.2, 0.25) is 0 Å². The van der Waals surface area contributed by atoms with Crippen molar-refractivity contribution < 1.29 is 9.84 Å². The van der Waals surface area contributed by atoms with E-state index in [0.29, 0.717) is 0 Å². The van der Waals surface area contributed by atoms with Crippen molar-refractivity contribution >= 4 is 0 Å². The average molecular weight is 274 g/mol. The fourth-order valence-electron chi connectivity index (χ4n) is 2.05. The molecule has 0 spiro atoms. The highest BCUT2D eigenvalue weighted by Gasteiger charge is 2.22. The van der Waals surface area contributed by atoms with E-state index in [0.717, 1.165) is 49.8 Å². The zero-order valence-electron chi connectivity index (χ0n) is 12.9. The van der Waals surface area contributed by atoms with E-state index in [4.69, 9.17) is 4.74 Å². The largest absolute Gasteiger partial charge is 0.497 e. The van der Waals surface area contributed by atoms with Gasteiger partial charge in [0.1, 0.15) is 11.4 Å². The molecular formula is C18H26O2. The Morgan fingerprint density at radius 1 is 1.05 bits per heavy atom. The first kappa shape index (κ1) is 16.6. The first-order valence-corrected chi connectivity index (χ1v) is 7.53. The second kappa shape index (κ2) is 8.66. The van der Waals surface area contributed by atoms with Crippen LogP contribution in [0.1, 0.15) is 57.9 Å². The van der Waals surface area contributed by atoms with Gasteiger partial charge < -0.3 is 9.84 Å². The fraction of sp³-hybridized carbons (Fsp3) is 0.556. The Balaban J connectivity index is 2.79. The van der Waals surface area contributed by atoms with Crippen molar-refractivity contribution in [2.75, 3.05) is 7.11 Å². The van der Waals surface area contributed by atoms with Crippen LogP contribution in [-0.2, 0) is 0 Å². The molecule has 2 heteroatoms. The summed E-state index contributed by atoms with van der Waals surface area (Å²) in [6, 6.07) is 7.63. The van der Waals surface area contributed by atoms with Crippen LogP contribution in [0.5, 0.6) is 5.75 Å². The summed E-state index contributed by atoms with van der Waals surface area (Å²) in [4.78, 5) is 0. The molecule has 0 atom stereocenters. The molecule has 0 fully saturated rings. The fourth-order valence-corrected chi connectivity index (χ4v) is 2.05. The standard InChI is InChI=1S/C18H26O2/c1-4-6-13-18(19,14-7-5-2)15-12-16-8-10-17(20-3)11-9-16/h8-11,19H,4-7,13-14H2,1-3H3. The summed E-state index contributed by atoms with van der Waals surface area (Å²) in [6.45, 7) is 4.27. The maximum Gasteiger partial charge on any atom is 0.125 e. The van der Waals surface area contributed by atoms with Crippen molar-refractivity contribution in [1.29, 1.82) is 0 Å². The minimum absolute atomic E-state index is 0.757. The Bertz CT molecular complexity index is 429. The zero-order valence-corrected chi connectivity index (χ0v) is 12.9. The van der Waals surface area contributed by atoms with Gasteiger partial charge in [0.15, 0.2) is 0 Å². The van der Waals surface area contributed by atoms with Crippen LogP contribution in [0.3, 0.4) is 0 Å². The molecule has 0 aliphatic heterocycles. The molecule has 110 valence electrons. The molecule has 0 amide bonds. The van der Waals surface area contributed by atoms with E-state index in [1.54, 1.807) is 7.11 Å². The summed E-state index contributed by atoms with van der Waals surface area (Å²) >= 11 is 0. The number of ether oxygens (including phenoxy) is 1. The number of hydrogen-bond acceptors (Lipinski definition) is 2. The minimum Gasteiger partial charge on any atom is -0.497 e. The first-order chi connectivity index (χ1) is 9.63. The van der Waals surface area contributed by atoms with Gasteiger partial charge in [-0.2, -0.15) is 0 Å². The first-order valence-electron chi connectivity index (χ1n) is 7.53. The van der Waals surface area contributed by atoms with E-state index in [9.17, 15) is 5.11 Å². The molecule has 1 aromatic carbocycles. The third-order valence-corrected chi connectivity index (χ3v) is 3.42. The summed E-state index contributed by atoms with van der Waals surface area (Å²) in [5.74, 6) is 7.01. The quantitative estimate of drug-likeness (QED) is 0.757. The molecule has 1 N–H and O–H groups in total. The van der Waals surface area contributed by atoms with E-state index in [1.165, 1.54) is 0 Å². The third kappa shape index (κ3) is 5.67. The monoisotopic (exact) mass is 274 g/mol. The molecule has 0 aromatic heterocycles. The summed E-state index contributed by atoms with van der Waals surface area (Å²) in [5, 5.41) is 10.6. The van der Waals surface area contributed by atoms with E-state index >= 15 is 0 Å². The Labute approximate surface area is 123 Å². The van der Waals surface area contributed by atoms with Crippen molar-refractivity contribution in [2.24, 2.45) is 0 Å². The van der Waals surface area contributed by atoms with Gasteiger partial charge >= 0.3 is 0 Å². The normalized spacial score (nSPS) is 10.8. The summed E-state index contributed by atoms with van der Waals surface area (Å²) < 4.78 is 5.12. The number of benzene rings is 1. The van der Waals surface area contributed by atoms with Crippen LogP contribution in [0.15, 0.2) is 24.3 Å². The number of unbranched alkanes of at least 4 members (excludes halogenated alkanes) is 2. The van der Waals surface area contributed by atoms with Crippen molar-refractivity contribution in [3.63, 3.8) is 0 Å². The maximum absolute atomic E-state index is 10.6. The van der Waals surface area contributed by atoms with Gasteiger partial charge in [-0.05, 0) is 49.9 Å². The molecule has 1 rings (SSSR count). The predicted octanol–water partition coefficient (Wildman–Crippen LogP) is 4.16. The molecule has 1 aromatic rings. The second-order valence-corrected chi connectivity index (χ2v) is 5.22. The van der Waals surface area contributed by atoms with Gasteiger partial charge in [-0.15, -0.1) is 0 Å². The minimum atomic E-state index is -0.841. The van der Waals surface area contributed by atoms with Crippen molar-refractivity contribution in [2.45, 2.75) is 58.0 Å². The highest BCUT2D eigenvalue weighted by atomic mass is 16.5. The molecule has 0 bridgehead atoms. The molecule has 0 aliphatic carbocycles. The lowest BCUT2D eigenvalue weighted by Crippen LogP contribution is -2.26. The van der Waals surface area contributed by atoms with Crippen molar-refractivity contribution in [3.8, 4) is 17.6 Å². The van der Waals surface area contributed by atoms with Crippen molar-refractivity contribution in [3.05, 3.63) is 29.8 Å². The zero-order chi connectivity index (χ0) is 14.8. The molecule has 20 heavy (non-hydrogen) atoms. The molecular weight excluding hydrogens is 248 g/mol. The lowest BCUT2D eigenvalue weighted by molar-refractivity contribution is 0.0774. The van der Waals surface area contributed by atoms with Crippen LogP contribution in [0.2, 0.25) is 0 Å². The van der Waals surface area contributed by atoms with Crippen LogP contribution < -0.4 is 4.74 Å². The maximum atomic E-state index is 10.6. The number of hydrogen-bond donors (Lipinski definition) is 1. The van der Waals surface area contributed by atoms with Gasteiger partial charge in [0.05, 0.1) is 7.11 Å². The van der Waals surface area contributed by atoms with E-state index in [1.807, 2.05) is 24.3 Å². The van der Waals surface area contributed by atoms with E-state index < -0.39 is 5.60 Å². The highest BCUT2D eigenvalue weighted by Crippen LogP contribution is 2.21. The summed E-state index contributed by atoms with van der Waals surface area (Å²) in [6.07, 6.45) is 5.70. The summed E-state index contributed by atoms with van der Waals surface area (Å²) in [5.41, 5.74) is 0.0728. The predicted molar refractivity (Wildman–Crippen MR) is 83.9 cm³/mol. The number of aliphatic hydroxyl groups is 1. The van der Waals surface area contributed by atoms with Crippen LogP contribution in [0.4, 0.5) is 0 Å². The molecule has 0 unspecified atom stereocenters. The number of rotatable bonds is 7. The third-order valence-electron chi connectivity index (χ3n) is 3.42. The highest BCUT2D eigenvalue weighted by molar-refractivity contribution is 5.39. The lowest BCUT2D eigenvalue weighted by Gasteiger charge is -2.21. The van der Waals surface area contributed by atoms with Crippen molar-refractivity contribution in [1.82, 2.24) is 0 Å². The smallest absolute Gasteiger partial charge is 0.125 e. The second-order valence-electron chi connectivity index (χ2n) is 5.22. The Kier molecular flexibility index (Phi) is 7.18. The Morgan fingerprint density at radius 3 is 2.05 bits per heavy atom. The Hall–Kier alpha value is -1.46. The van der Waals surface area contributed by atoms with Crippen LogP contribution in [0, 0.1) is 11.8 Å². The summed E-state index contributed by atoms with van der Waals surface area (Å²) in [7, 11) is 1.65. The van der Waals surface area contributed by atoms with Gasteiger partial charge in [-0.1, -0.05) is 38.5 Å². The van der Waals surface area contributed by atoms with Crippen LogP contribution >= 0.6 is 0 Å². The van der Waals surface area contributed by atoms with E-state index in [2.05, 4.69) is 25.7 Å². The Morgan fingerprint density at radius 2 is 1.60 bits per heavy atom. The van der Waals surface area contributed by atoms with Gasteiger partial charge in [-0.25, -0.2) is 0 Å². The lowest BCUT2D eigenvalue weighted by atomic mass is 9.91. The average Bonchev–Trinajstić information content (AvgIpc) is 2.50. The molecule has 0 radical (unpaired) electrons. The molecule has 0 saturated carbocycles. The SMILES string of the molecule is CCCCC(O)(C#Cc1ccc(OC)cc1)CCCC. The molecule has 0 heterocycles. The van der Waals surface area contributed by atoms with Gasteiger partial charge in [-0.3, -0.25) is 0 Å². The molecule has 0 aliphatic rings. The van der Waals surface area contributed by atoms with Gasteiger partial charge in [0.25, 0.3) is 0 Å². The topological polar surface area (TPSA) is 29.5 Å². The van der Waals surface area contributed by atoms with Gasteiger partial charge in [0, 0.05) is 5.56 Å².